The monoisotopic (exact) mass is 377 g/mol. The number of halogens is 1. The largest absolute Gasteiger partial charge is 0.618 e. The van der Waals surface area contributed by atoms with Gasteiger partial charge < -0.3 is 5.21 Å². The first kappa shape index (κ1) is 15.2. The summed E-state index contributed by atoms with van der Waals surface area (Å²) in [6, 6.07) is 20.2. The summed E-state index contributed by atoms with van der Waals surface area (Å²) in [5.41, 5.74) is 5.99. The highest BCUT2D eigenvalue weighted by Crippen LogP contribution is 2.32. The quantitative estimate of drug-likeness (QED) is 0.238. The van der Waals surface area contributed by atoms with Crippen LogP contribution < -0.4 is 4.73 Å². The van der Waals surface area contributed by atoms with E-state index >= 15 is 0 Å². The number of fused-ring (bicyclic) bond motifs is 2. The van der Waals surface area contributed by atoms with E-state index in [-0.39, 0.29) is 0 Å². The zero-order valence-corrected chi connectivity index (χ0v) is 15.1. The fraction of sp³-hybridized carbons (Fsp3) is 0.0952. The van der Waals surface area contributed by atoms with E-state index in [1.165, 1.54) is 11.1 Å². The Bertz CT molecular complexity index is 1080. The van der Waals surface area contributed by atoms with Gasteiger partial charge in [0.25, 0.3) is 0 Å². The van der Waals surface area contributed by atoms with E-state index in [2.05, 4.69) is 54.0 Å². The normalized spacial score (nSPS) is 11.3. The van der Waals surface area contributed by atoms with Crippen LogP contribution in [0.3, 0.4) is 0 Å². The molecule has 24 heavy (non-hydrogen) atoms. The number of rotatable bonds is 1. The predicted octanol–water partition coefficient (Wildman–Crippen LogP) is 5.67. The van der Waals surface area contributed by atoms with Gasteiger partial charge in [-0.25, -0.2) is 0 Å². The summed E-state index contributed by atoms with van der Waals surface area (Å²) in [5, 5.41) is 14.7. The van der Waals surface area contributed by atoms with Crippen molar-refractivity contribution in [3.8, 4) is 11.1 Å². The second kappa shape index (κ2) is 5.60. The molecule has 0 saturated carbocycles. The molecule has 1 heterocycles. The van der Waals surface area contributed by atoms with Crippen molar-refractivity contribution in [3.05, 3.63) is 81.5 Å². The number of aromatic nitrogens is 1. The van der Waals surface area contributed by atoms with Crippen LogP contribution in [-0.2, 0) is 0 Å². The van der Waals surface area contributed by atoms with Crippen molar-refractivity contribution < 1.29 is 4.73 Å². The molecule has 0 saturated heterocycles. The van der Waals surface area contributed by atoms with E-state index in [0.29, 0.717) is 11.0 Å². The molecule has 0 spiro atoms. The van der Waals surface area contributed by atoms with Gasteiger partial charge in [0, 0.05) is 16.6 Å². The van der Waals surface area contributed by atoms with Crippen molar-refractivity contribution in [2.75, 3.05) is 0 Å². The highest BCUT2D eigenvalue weighted by Gasteiger charge is 2.16. The molecule has 0 aliphatic carbocycles. The van der Waals surface area contributed by atoms with Gasteiger partial charge in [0.15, 0.2) is 0 Å². The molecule has 0 amide bonds. The van der Waals surface area contributed by atoms with Crippen LogP contribution in [0.25, 0.3) is 32.9 Å². The van der Waals surface area contributed by atoms with Crippen molar-refractivity contribution in [3.63, 3.8) is 0 Å². The lowest BCUT2D eigenvalue weighted by Crippen LogP contribution is -2.28. The Kier molecular flexibility index (Phi) is 3.54. The van der Waals surface area contributed by atoms with E-state index in [1.54, 1.807) is 0 Å². The summed E-state index contributed by atoms with van der Waals surface area (Å²) >= 11 is 3.67. The Balaban J connectivity index is 2.05. The molecule has 4 aromatic rings. The minimum atomic E-state index is 0.675. The highest BCUT2D eigenvalue weighted by molar-refractivity contribution is 9.10. The Hall–Kier alpha value is -2.39. The van der Waals surface area contributed by atoms with Crippen molar-refractivity contribution >= 4 is 37.7 Å². The first-order valence-electron chi connectivity index (χ1n) is 7.87. The summed E-state index contributed by atoms with van der Waals surface area (Å²) in [7, 11) is 0. The number of nitrogens with zero attached hydrogens (tertiary/aromatic N) is 1. The summed E-state index contributed by atoms with van der Waals surface area (Å²) in [6.45, 7) is 4.19. The van der Waals surface area contributed by atoms with E-state index < -0.39 is 0 Å². The number of aryl methyl sites for hydroxylation is 2. The van der Waals surface area contributed by atoms with Gasteiger partial charge in [-0.05, 0) is 53.0 Å². The second-order valence-corrected chi connectivity index (χ2v) is 7.03. The van der Waals surface area contributed by atoms with Crippen LogP contribution in [0.1, 0.15) is 11.1 Å². The highest BCUT2D eigenvalue weighted by atomic mass is 79.9. The van der Waals surface area contributed by atoms with Crippen molar-refractivity contribution in [1.82, 2.24) is 0 Å². The number of pyridine rings is 1. The molecule has 0 fully saturated rings. The second-order valence-electron chi connectivity index (χ2n) is 6.23. The summed E-state index contributed by atoms with van der Waals surface area (Å²) in [5.74, 6) is 0. The maximum absolute atomic E-state index is 12.9. The summed E-state index contributed by atoms with van der Waals surface area (Å²) in [6.07, 6.45) is 0. The fourth-order valence-electron chi connectivity index (χ4n) is 3.32. The lowest BCUT2D eigenvalue weighted by atomic mass is 9.99. The minimum absolute atomic E-state index is 0.675. The van der Waals surface area contributed by atoms with Crippen LogP contribution in [0.2, 0.25) is 0 Å². The van der Waals surface area contributed by atoms with Gasteiger partial charge in [-0.2, -0.15) is 4.73 Å². The Morgan fingerprint density at radius 2 is 1.42 bits per heavy atom. The van der Waals surface area contributed by atoms with Crippen molar-refractivity contribution in [1.29, 1.82) is 0 Å². The molecular formula is C21H16BrNO. The molecule has 3 aromatic carbocycles. The average molecular weight is 378 g/mol. The molecule has 0 unspecified atom stereocenters. The van der Waals surface area contributed by atoms with E-state index in [1.807, 2.05) is 36.4 Å². The van der Waals surface area contributed by atoms with Crippen molar-refractivity contribution in [2.24, 2.45) is 0 Å². The number of hydrogen-bond donors (Lipinski definition) is 0. The molecule has 0 bridgehead atoms. The molecule has 0 aliphatic rings. The smallest absolute Gasteiger partial charge is 0.226 e. The van der Waals surface area contributed by atoms with Crippen LogP contribution in [0, 0.1) is 19.1 Å². The predicted molar refractivity (Wildman–Crippen MR) is 103 cm³/mol. The molecule has 0 atom stereocenters. The third kappa shape index (κ3) is 2.36. The van der Waals surface area contributed by atoms with Gasteiger partial charge in [0.1, 0.15) is 0 Å². The standard InChI is InChI=1S/C21H16BrNO/c1-13-9-14(2)11-16(10-13)15-7-8-18-20(12-15)23(24)19-6-4-3-5-17(19)21(18)22/h3-12H,1-2H3. The van der Waals surface area contributed by atoms with Gasteiger partial charge >= 0.3 is 0 Å². The Morgan fingerprint density at radius 3 is 2.17 bits per heavy atom. The molecule has 2 nitrogen and oxygen atoms in total. The molecule has 3 heteroatoms. The maximum atomic E-state index is 12.9. The zero-order valence-electron chi connectivity index (χ0n) is 13.5. The van der Waals surface area contributed by atoms with Gasteiger partial charge in [0.05, 0.1) is 10.8 Å². The number of hydrogen-bond acceptors (Lipinski definition) is 1. The third-order valence-corrected chi connectivity index (χ3v) is 5.22. The molecule has 0 aliphatic heterocycles. The third-order valence-electron chi connectivity index (χ3n) is 4.37. The van der Waals surface area contributed by atoms with Crippen LogP contribution in [0.15, 0.2) is 65.1 Å². The van der Waals surface area contributed by atoms with Crippen LogP contribution in [0.5, 0.6) is 0 Å². The van der Waals surface area contributed by atoms with E-state index in [4.69, 9.17) is 0 Å². The summed E-state index contributed by atoms with van der Waals surface area (Å²) < 4.78 is 1.99. The van der Waals surface area contributed by atoms with Crippen LogP contribution >= 0.6 is 15.9 Å². The van der Waals surface area contributed by atoms with Gasteiger partial charge in [-0.3, -0.25) is 0 Å². The molecular weight excluding hydrogens is 362 g/mol. The van der Waals surface area contributed by atoms with Crippen LogP contribution in [0.4, 0.5) is 0 Å². The topological polar surface area (TPSA) is 26.9 Å². The number of para-hydroxylation sites is 1. The van der Waals surface area contributed by atoms with Crippen LogP contribution in [-0.4, -0.2) is 0 Å². The molecule has 0 N–H and O–H groups in total. The van der Waals surface area contributed by atoms with E-state index in [9.17, 15) is 5.21 Å². The Morgan fingerprint density at radius 1 is 0.750 bits per heavy atom. The maximum Gasteiger partial charge on any atom is 0.226 e. The van der Waals surface area contributed by atoms with Gasteiger partial charge in [-0.1, -0.05) is 47.5 Å². The molecule has 0 radical (unpaired) electrons. The average Bonchev–Trinajstić information content (AvgIpc) is 2.58. The van der Waals surface area contributed by atoms with E-state index in [0.717, 1.165) is 31.1 Å². The van der Waals surface area contributed by atoms with Gasteiger partial charge in [-0.15, -0.1) is 0 Å². The fourth-order valence-corrected chi connectivity index (χ4v) is 3.99. The SMILES string of the molecule is Cc1cc(C)cc(-c2ccc3c(Br)c4ccccc4[n+]([O-])c3c2)c1. The zero-order chi connectivity index (χ0) is 16.8. The minimum Gasteiger partial charge on any atom is -0.618 e. The molecule has 118 valence electrons. The lowest BCUT2D eigenvalue weighted by Gasteiger charge is -2.11. The molecule has 1 aromatic heterocycles. The molecule has 4 rings (SSSR count). The Labute approximate surface area is 149 Å². The van der Waals surface area contributed by atoms with Crippen molar-refractivity contribution in [2.45, 2.75) is 13.8 Å². The number of benzene rings is 3. The van der Waals surface area contributed by atoms with Gasteiger partial charge in [0.2, 0.25) is 11.0 Å². The first-order chi connectivity index (χ1) is 11.5. The lowest BCUT2D eigenvalue weighted by molar-refractivity contribution is -0.547. The summed E-state index contributed by atoms with van der Waals surface area (Å²) in [4.78, 5) is 0. The first-order valence-corrected chi connectivity index (χ1v) is 8.66.